The van der Waals surface area contributed by atoms with Crippen LogP contribution in [-0.2, 0) is 4.74 Å². The Kier molecular flexibility index (Phi) is 4.95. The highest BCUT2D eigenvalue weighted by Crippen LogP contribution is 2.31. The molecule has 3 heterocycles. The summed E-state index contributed by atoms with van der Waals surface area (Å²) in [5, 5.41) is 11.3. The van der Waals surface area contributed by atoms with Crippen LogP contribution in [0.2, 0.25) is 0 Å². The van der Waals surface area contributed by atoms with Gasteiger partial charge in [0, 0.05) is 37.5 Å². The van der Waals surface area contributed by atoms with Crippen molar-refractivity contribution in [1.82, 2.24) is 4.98 Å². The van der Waals surface area contributed by atoms with Crippen LogP contribution in [0.5, 0.6) is 0 Å². The molecule has 0 aliphatic carbocycles. The number of nitro groups is 1. The van der Waals surface area contributed by atoms with Gasteiger partial charge in [-0.05, 0) is 23.8 Å². The SMILES string of the molecule is O=[N+]([O-])c1ccc(-c2cnc(/N=C/c3ccc(N4CCOCC4)o3)s2)cc1. The Balaban J connectivity index is 1.44. The van der Waals surface area contributed by atoms with Gasteiger partial charge in [0.25, 0.3) is 5.69 Å². The summed E-state index contributed by atoms with van der Waals surface area (Å²) in [7, 11) is 0. The van der Waals surface area contributed by atoms with Crippen LogP contribution in [0.1, 0.15) is 5.76 Å². The zero-order chi connectivity index (χ0) is 18.6. The van der Waals surface area contributed by atoms with Gasteiger partial charge in [0.1, 0.15) is 5.76 Å². The summed E-state index contributed by atoms with van der Waals surface area (Å²) >= 11 is 1.41. The average molecular weight is 384 g/mol. The van der Waals surface area contributed by atoms with Gasteiger partial charge in [-0.25, -0.2) is 9.98 Å². The van der Waals surface area contributed by atoms with Crippen molar-refractivity contribution in [2.24, 2.45) is 4.99 Å². The molecule has 27 heavy (non-hydrogen) atoms. The van der Waals surface area contributed by atoms with Crippen molar-refractivity contribution < 1.29 is 14.1 Å². The number of nitro benzene ring substituents is 1. The highest BCUT2D eigenvalue weighted by molar-refractivity contribution is 7.18. The second-order valence-corrected chi connectivity index (χ2v) is 6.85. The third-order valence-electron chi connectivity index (χ3n) is 4.09. The van der Waals surface area contributed by atoms with E-state index in [-0.39, 0.29) is 5.69 Å². The molecule has 0 bridgehead atoms. The highest BCUT2D eigenvalue weighted by atomic mass is 32.1. The minimum absolute atomic E-state index is 0.0652. The van der Waals surface area contributed by atoms with E-state index in [4.69, 9.17) is 9.15 Å². The molecule has 1 aromatic carbocycles. The van der Waals surface area contributed by atoms with E-state index >= 15 is 0 Å². The first-order valence-corrected chi connectivity index (χ1v) is 9.18. The van der Waals surface area contributed by atoms with Gasteiger partial charge in [0.15, 0.2) is 5.88 Å². The number of anilines is 1. The number of aromatic nitrogens is 1. The molecule has 138 valence electrons. The largest absolute Gasteiger partial charge is 0.440 e. The van der Waals surface area contributed by atoms with E-state index in [1.54, 1.807) is 24.5 Å². The van der Waals surface area contributed by atoms with Crippen molar-refractivity contribution in [2.45, 2.75) is 0 Å². The third-order valence-corrected chi connectivity index (χ3v) is 5.05. The van der Waals surface area contributed by atoms with E-state index in [1.807, 2.05) is 12.1 Å². The summed E-state index contributed by atoms with van der Waals surface area (Å²) in [4.78, 5) is 22.0. The molecule has 9 heteroatoms. The van der Waals surface area contributed by atoms with Crippen LogP contribution >= 0.6 is 11.3 Å². The van der Waals surface area contributed by atoms with Crippen molar-refractivity contribution in [3.8, 4) is 10.4 Å². The molecule has 3 aromatic rings. The van der Waals surface area contributed by atoms with Crippen molar-refractivity contribution in [2.75, 3.05) is 31.2 Å². The minimum Gasteiger partial charge on any atom is -0.440 e. The number of hydrogen-bond acceptors (Lipinski definition) is 8. The number of ether oxygens (including phenoxy) is 1. The minimum atomic E-state index is -0.416. The number of benzene rings is 1. The zero-order valence-corrected chi connectivity index (χ0v) is 15.1. The molecule has 1 saturated heterocycles. The molecule has 0 atom stereocenters. The Bertz CT molecular complexity index is 958. The van der Waals surface area contributed by atoms with E-state index < -0.39 is 4.92 Å². The molecular formula is C18H16N4O4S. The fraction of sp³-hybridized carbons (Fsp3) is 0.222. The second kappa shape index (κ2) is 7.68. The molecule has 0 radical (unpaired) electrons. The lowest BCUT2D eigenvalue weighted by Gasteiger charge is -2.26. The van der Waals surface area contributed by atoms with Crippen LogP contribution in [-0.4, -0.2) is 42.4 Å². The van der Waals surface area contributed by atoms with Crippen LogP contribution < -0.4 is 4.90 Å². The number of aliphatic imine (C=N–C) groups is 1. The number of nitrogens with zero attached hydrogens (tertiary/aromatic N) is 4. The topological polar surface area (TPSA) is 94.0 Å². The van der Waals surface area contributed by atoms with Crippen molar-refractivity contribution in [1.29, 1.82) is 0 Å². The highest BCUT2D eigenvalue weighted by Gasteiger charge is 2.14. The Morgan fingerprint density at radius 1 is 1.19 bits per heavy atom. The summed E-state index contributed by atoms with van der Waals surface area (Å²) < 4.78 is 11.1. The number of thiazole rings is 1. The quantitative estimate of drug-likeness (QED) is 0.376. The normalized spacial score (nSPS) is 14.7. The van der Waals surface area contributed by atoms with Crippen molar-refractivity contribution in [3.63, 3.8) is 0 Å². The van der Waals surface area contributed by atoms with Gasteiger partial charge in [-0.3, -0.25) is 10.1 Å². The summed E-state index contributed by atoms with van der Waals surface area (Å²) in [6.45, 7) is 3.04. The molecule has 1 aliphatic heterocycles. The van der Waals surface area contributed by atoms with Gasteiger partial charge in [-0.1, -0.05) is 11.3 Å². The van der Waals surface area contributed by atoms with E-state index in [9.17, 15) is 10.1 Å². The lowest BCUT2D eigenvalue weighted by molar-refractivity contribution is -0.384. The Morgan fingerprint density at radius 3 is 2.70 bits per heavy atom. The molecule has 1 aliphatic rings. The lowest BCUT2D eigenvalue weighted by Crippen LogP contribution is -2.35. The van der Waals surface area contributed by atoms with Gasteiger partial charge in [0.2, 0.25) is 5.13 Å². The fourth-order valence-corrected chi connectivity index (χ4v) is 3.46. The van der Waals surface area contributed by atoms with Crippen molar-refractivity contribution >= 4 is 34.3 Å². The molecule has 0 saturated carbocycles. The van der Waals surface area contributed by atoms with Crippen LogP contribution in [0.3, 0.4) is 0 Å². The predicted octanol–water partition coefficient (Wildman–Crippen LogP) is 3.90. The predicted molar refractivity (Wildman–Crippen MR) is 103 cm³/mol. The van der Waals surface area contributed by atoms with Crippen molar-refractivity contribution in [3.05, 3.63) is 58.5 Å². The van der Waals surface area contributed by atoms with Crippen LogP contribution in [0, 0.1) is 10.1 Å². The molecule has 0 amide bonds. The van der Waals surface area contributed by atoms with Gasteiger partial charge in [-0.2, -0.15) is 0 Å². The first kappa shape index (κ1) is 17.4. The Labute approximate surface area is 158 Å². The summed E-state index contributed by atoms with van der Waals surface area (Å²) in [6.07, 6.45) is 3.35. The van der Waals surface area contributed by atoms with E-state index in [0.29, 0.717) is 24.1 Å². The standard InChI is InChI=1S/C18H16N4O4S/c23-22(24)14-3-1-13(2-4-14)16-12-20-18(27-16)19-11-15-5-6-17(26-15)21-7-9-25-10-8-21/h1-6,11-12H,7-10H2/b19-11+. The van der Waals surface area contributed by atoms with Crippen LogP contribution in [0.15, 0.2) is 52.0 Å². The molecule has 2 aromatic heterocycles. The monoisotopic (exact) mass is 384 g/mol. The molecule has 0 unspecified atom stereocenters. The maximum atomic E-state index is 10.7. The van der Waals surface area contributed by atoms with E-state index in [2.05, 4.69) is 14.9 Å². The molecule has 8 nitrogen and oxygen atoms in total. The fourth-order valence-electron chi connectivity index (χ4n) is 2.69. The molecule has 0 N–H and O–H groups in total. The third kappa shape index (κ3) is 4.04. The van der Waals surface area contributed by atoms with E-state index in [1.165, 1.54) is 23.5 Å². The molecular weight excluding hydrogens is 368 g/mol. The first-order chi connectivity index (χ1) is 13.2. The smallest absolute Gasteiger partial charge is 0.269 e. The number of morpholine rings is 1. The summed E-state index contributed by atoms with van der Waals surface area (Å²) in [5.74, 6) is 1.47. The maximum absolute atomic E-state index is 10.7. The average Bonchev–Trinajstić information content (AvgIpc) is 3.37. The number of hydrogen-bond donors (Lipinski definition) is 0. The van der Waals surface area contributed by atoms with Gasteiger partial charge >= 0.3 is 0 Å². The Hall–Kier alpha value is -3.04. The number of non-ortho nitro benzene ring substituents is 1. The lowest BCUT2D eigenvalue weighted by atomic mass is 10.2. The molecule has 4 rings (SSSR count). The van der Waals surface area contributed by atoms with Gasteiger partial charge in [0.05, 0.1) is 29.2 Å². The zero-order valence-electron chi connectivity index (χ0n) is 14.3. The summed E-state index contributed by atoms with van der Waals surface area (Å²) in [5.41, 5.74) is 0.933. The maximum Gasteiger partial charge on any atom is 0.269 e. The first-order valence-electron chi connectivity index (χ1n) is 8.36. The summed E-state index contributed by atoms with van der Waals surface area (Å²) in [6, 6.07) is 10.2. The Morgan fingerprint density at radius 2 is 1.96 bits per heavy atom. The van der Waals surface area contributed by atoms with Gasteiger partial charge < -0.3 is 14.1 Å². The van der Waals surface area contributed by atoms with Crippen LogP contribution in [0.4, 0.5) is 16.7 Å². The second-order valence-electron chi connectivity index (χ2n) is 5.84. The molecule has 0 spiro atoms. The van der Waals surface area contributed by atoms with Gasteiger partial charge in [-0.15, -0.1) is 0 Å². The molecule has 1 fully saturated rings. The number of rotatable bonds is 5. The van der Waals surface area contributed by atoms with E-state index in [0.717, 1.165) is 29.4 Å². The number of furan rings is 1. The van der Waals surface area contributed by atoms with Crippen LogP contribution in [0.25, 0.3) is 10.4 Å².